The van der Waals surface area contributed by atoms with Crippen molar-refractivity contribution < 1.29 is 19.4 Å². The summed E-state index contributed by atoms with van der Waals surface area (Å²) in [7, 11) is 1.42. The van der Waals surface area contributed by atoms with Gasteiger partial charge in [0.25, 0.3) is 5.91 Å². The molecule has 2 aromatic heterocycles. The molecule has 0 aromatic carbocycles. The number of anilines is 1. The molecule has 20 heavy (non-hydrogen) atoms. The second-order valence-corrected chi connectivity index (χ2v) is 3.72. The van der Waals surface area contributed by atoms with Crippen LogP contribution in [0.15, 0.2) is 36.7 Å². The minimum atomic E-state index is -1.22. The summed E-state index contributed by atoms with van der Waals surface area (Å²) in [5.41, 5.74) is -0.0132. The van der Waals surface area contributed by atoms with Gasteiger partial charge >= 0.3 is 5.97 Å². The van der Waals surface area contributed by atoms with Gasteiger partial charge < -0.3 is 15.2 Å². The zero-order chi connectivity index (χ0) is 14.5. The van der Waals surface area contributed by atoms with Crippen LogP contribution in [0.3, 0.4) is 0 Å². The zero-order valence-corrected chi connectivity index (χ0v) is 10.5. The number of ether oxygens (including phenoxy) is 1. The number of rotatable bonds is 4. The molecule has 2 heterocycles. The van der Waals surface area contributed by atoms with E-state index in [1.54, 1.807) is 12.1 Å². The number of aromatic nitrogens is 2. The van der Waals surface area contributed by atoms with Crippen LogP contribution in [0.2, 0.25) is 0 Å². The van der Waals surface area contributed by atoms with Crippen molar-refractivity contribution in [1.29, 1.82) is 0 Å². The van der Waals surface area contributed by atoms with Gasteiger partial charge in [0, 0.05) is 12.4 Å². The number of methoxy groups -OCH3 is 1. The fraction of sp³-hybridized carbons (Fsp3) is 0.0769. The van der Waals surface area contributed by atoms with Crippen LogP contribution in [0.4, 0.5) is 5.69 Å². The molecule has 0 saturated heterocycles. The second kappa shape index (κ2) is 5.79. The van der Waals surface area contributed by atoms with Gasteiger partial charge in [-0.2, -0.15) is 0 Å². The maximum atomic E-state index is 12.1. The smallest absolute Gasteiger partial charge is 0.338 e. The van der Waals surface area contributed by atoms with Crippen LogP contribution < -0.4 is 10.1 Å². The predicted molar refractivity (Wildman–Crippen MR) is 69.9 cm³/mol. The molecule has 0 spiro atoms. The van der Waals surface area contributed by atoms with Gasteiger partial charge in [0.15, 0.2) is 0 Å². The van der Waals surface area contributed by atoms with Crippen molar-refractivity contribution >= 4 is 17.6 Å². The molecule has 102 valence electrons. The van der Waals surface area contributed by atoms with Crippen molar-refractivity contribution in [3.8, 4) is 5.88 Å². The van der Waals surface area contributed by atoms with Crippen molar-refractivity contribution in [2.24, 2.45) is 0 Å². The number of amides is 1. The molecule has 1 amide bonds. The minimum Gasteiger partial charge on any atom is -0.480 e. The fourth-order valence-corrected chi connectivity index (χ4v) is 1.59. The highest BCUT2D eigenvalue weighted by Crippen LogP contribution is 2.20. The summed E-state index contributed by atoms with van der Waals surface area (Å²) in [5.74, 6) is -1.63. The number of hydrogen-bond acceptors (Lipinski definition) is 5. The summed E-state index contributed by atoms with van der Waals surface area (Å²) < 4.78 is 5.00. The normalized spacial score (nSPS) is 9.85. The van der Waals surface area contributed by atoms with E-state index in [1.807, 2.05) is 0 Å². The third-order valence-corrected chi connectivity index (χ3v) is 2.47. The number of hydrogen-bond donors (Lipinski definition) is 2. The van der Waals surface area contributed by atoms with Crippen molar-refractivity contribution in [1.82, 2.24) is 9.97 Å². The molecule has 2 aromatic rings. The predicted octanol–water partition coefficient (Wildman–Crippen LogP) is 1.44. The largest absolute Gasteiger partial charge is 0.480 e. The molecule has 0 aliphatic rings. The van der Waals surface area contributed by atoms with Gasteiger partial charge in [0.1, 0.15) is 11.4 Å². The Morgan fingerprint density at radius 1 is 1.20 bits per heavy atom. The molecule has 0 radical (unpaired) electrons. The number of pyridine rings is 2. The van der Waals surface area contributed by atoms with Crippen molar-refractivity contribution in [2.75, 3.05) is 12.4 Å². The molecule has 7 nitrogen and oxygen atoms in total. The lowest BCUT2D eigenvalue weighted by Crippen LogP contribution is -2.18. The Morgan fingerprint density at radius 3 is 2.60 bits per heavy atom. The Morgan fingerprint density at radius 2 is 1.90 bits per heavy atom. The maximum Gasteiger partial charge on any atom is 0.338 e. The second-order valence-electron chi connectivity index (χ2n) is 3.72. The van der Waals surface area contributed by atoms with Crippen LogP contribution in [0, 0.1) is 0 Å². The van der Waals surface area contributed by atoms with Gasteiger partial charge in [-0.1, -0.05) is 0 Å². The highest BCUT2D eigenvalue weighted by Gasteiger charge is 2.18. The highest BCUT2D eigenvalue weighted by molar-refractivity contribution is 6.09. The molecule has 2 rings (SSSR count). The summed E-state index contributed by atoms with van der Waals surface area (Å²) in [6.45, 7) is 0. The molecule has 0 fully saturated rings. The maximum absolute atomic E-state index is 12.1. The summed E-state index contributed by atoms with van der Waals surface area (Å²) in [4.78, 5) is 30.9. The molecule has 0 unspecified atom stereocenters. The van der Waals surface area contributed by atoms with Gasteiger partial charge in [-0.05, 0) is 24.3 Å². The van der Waals surface area contributed by atoms with Crippen molar-refractivity contribution in [3.63, 3.8) is 0 Å². The van der Waals surface area contributed by atoms with Crippen LogP contribution in [-0.4, -0.2) is 34.1 Å². The number of carboxylic acid groups (broad SMARTS) is 1. The Labute approximate surface area is 114 Å². The lowest BCUT2D eigenvalue weighted by Gasteiger charge is -2.09. The topological polar surface area (TPSA) is 101 Å². The van der Waals surface area contributed by atoms with Crippen LogP contribution in [0.25, 0.3) is 0 Å². The van der Waals surface area contributed by atoms with E-state index in [0.717, 1.165) is 0 Å². The zero-order valence-electron chi connectivity index (χ0n) is 10.5. The van der Waals surface area contributed by atoms with Gasteiger partial charge in [-0.3, -0.25) is 9.78 Å². The number of nitrogens with zero attached hydrogens (tertiary/aromatic N) is 2. The number of carbonyl (C=O) groups is 2. The first-order chi connectivity index (χ1) is 9.63. The van der Waals surface area contributed by atoms with E-state index in [0.29, 0.717) is 5.69 Å². The average molecular weight is 273 g/mol. The molecule has 0 saturated carbocycles. The van der Waals surface area contributed by atoms with E-state index < -0.39 is 11.9 Å². The first-order valence-corrected chi connectivity index (χ1v) is 5.62. The lowest BCUT2D eigenvalue weighted by atomic mass is 10.2. The van der Waals surface area contributed by atoms with E-state index in [9.17, 15) is 9.59 Å². The molecule has 7 heteroatoms. The quantitative estimate of drug-likeness (QED) is 0.873. The number of carboxylic acids is 1. The molecular formula is C13H11N3O4. The van der Waals surface area contributed by atoms with Gasteiger partial charge in [0.05, 0.1) is 12.7 Å². The van der Waals surface area contributed by atoms with E-state index in [2.05, 4.69) is 15.3 Å². The van der Waals surface area contributed by atoms with Gasteiger partial charge in [-0.25, -0.2) is 9.78 Å². The first kappa shape index (κ1) is 13.5. The molecule has 0 aliphatic carbocycles. The van der Waals surface area contributed by atoms with Crippen molar-refractivity contribution in [2.45, 2.75) is 0 Å². The Bertz CT molecular complexity index is 658. The third kappa shape index (κ3) is 2.72. The standard InChI is InChI=1S/C13H11N3O4/c1-20-12-9(5-3-7-15-12)16-11(17)10-8(13(18)19)4-2-6-14-10/h2-7H,1H3,(H,16,17)(H,18,19). The first-order valence-electron chi connectivity index (χ1n) is 5.62. The monoisotopic (exact) mass is 273 g/mol. The molecule has 2 N–H and O–H groups in total. The van der Waals surface area contributed by atoms with Gasteiger partial charge in [0.2, 0.25) is 5.88 Å². The highest BCUT2D eigenvalue weighted by atomic mass is 16.5. The number of carbonyl (C=O) groups excluding carboxylic acids is 1. The van der Waals surface area contributed by atoms with E-state index in [-0.39, 0.29) is 17.1 Å². The van der Waals surface area contributed by atoms with Crippen LogP contribution >= 0.6 is 0 Å². The van der Waals surface area contributed by atoms with E-state index in [1.165, 1.54) is 31.6 Å². The lowest BCUT2D eigenvalue weighted by molar-refractivity contribution is 0.0691. The van der Waals surface area contributed by atoms with E-state index >= 15 is 0 Å². The Balaban J connectivity index is 2.31. The molecule has 0 atom stereocenters. The summed E-state index contributed by atoms with van der Waals surface area (Å²) >= 11 is 0. The number of nitrogens with one attached hydrogen (secondary N) is 1. The summed E-state index contributed by atoms with van der Waals surface area (Å²) in [6.07, 6.45) is 2.86. The number of aromatic carboxylic acids is 1. The Kier molecular flexibility index (Phi) is 3.90. The third-order valence-electron chi connectivity index (χ3n) is 2.47. The Hall–Kier alpha value is -2.96. The van der Waals surface area contributed by atoms with Crippen molar-refractivity contribution in [3.05, 3.63) is 47.9 Å². The fourth-order valence-electron chi connectivity index (χ4n) is 1.59. The summed E-state index contributed by atoms with van der Waals surface area (Å²) in [6, 6.07) is 5.97. The van der Waals surface area contributed by atoms with Gasteiger partial charge in [-0.15, -0.1) is 0 Å². The minimum absolute atomic E-state index is 0.173. The van der Waals surface area contributed by atoms with E-state index in [4.69, 9.17) is 9.84 Å². The molecule has 0 bridgehead atoms. The molecular weight excluding hydrogens is 262 g/mol. The van der Waals surface area contributed by atoms with Crippen LogP contribution in [0.1, 0.15) is 20.8 Å². The SMILES string of the molecule is COc1ncccc1NC(=O)c1ncccc1C(=O)O. The average Bonchev–Trinajstić information content (AvgIpc) is 2.47. The molecule has 0 aliphatic heterocycles. The van der Waals surface area contributed by atoms with Crippen LogP contribution in [0.5, 0.6) is 5.88 Å². The van der Waals surface area contributed by atoms with Crippen LogP contribution in [-0.2, 0) is 0 Å². The summed E-state index contributed by atoms with van der Waals surface area (Å²) in [5, 5.41) is 11.5.